The molecule has 0 saturated carbocycles. The Bertz CT molecular complexity index is 813. The molecule has 1 fully saturated rings. The lowest BCUT2D eigenvalue weighted by molar-refractivity contribution is -0.117. The van der Waals surface area contributed by atoms with E-state index in [1.165, 1.54) is 12.3 Å². The molecule has 1 aliphatic heterocycles. The Morgan fingerprint density at radius 1 is 1.15 bits per heavy atom. The number of hydrogen-bond acceptors (Lipinski definition) is 4. The lowest BCUT2D eigenvalue weighted by Gasteiger charge is -2.16. The molecule has 1 aromatic heterocycles. The predicted molar refractivity (Wildman–Crippen MR) is 94.3 cm³/mol. The summed E-state index contributed by atoms with van der Waals surface area (Å²) in [7, 11) is 0. The number of carbonyl (C=O) groups excluding carboxylic acids is 3. The van der Waals surface area contributed by atoms with Crippen LogP contribution in [-0.2, 0) is 11.3 Å². The number of nitrogens with one attached hydrogen (secondary N) is 3. The van der Waals surface area contributed by atoms with E-state index in [1.54, 1.807) is 11.8 Å². The summed E-state index contributed by atoms with van der Waals surface area (Å²) in [5.41, 5.74) is 6.70. The highest BCUT2D eigenvalue weighted by Gasteiger charge is 2.21. The molecule has 3 N–H and O–H groups in total. The summed E-state index contributed by atoms with van der Waals surface area (Å²) in [6.07, 6.45) is 2.88. The molecule has 0 unspecified atom stereocenters. The van der Waals surface area contributed by atoms with Crippen molar-refractivity contribution in [3.8, 4) is 0 Å². The summed E-state index contributed by atoms with van der Waals surface area (Å²) >= 11 is 0. The highest BCUT2D eigenvalue weighted by Crippen LogP contribution is 2.21. The Balaban J connectivity index is 1.45. The van der Waals surface area contributed by atoms with Crippen molar-refractivity contribution in [3.63, 3.8) is 0 Å². The first-order valence-electron chi connectivity index (χ1n) is 8.32. The molecule has 2 heterocycles. The minimum Gasteiger partial charge on any atom is -0.469 e. The number of nitrogens with zero attached hydrogens (tertiary/aromatic N) is 1. The normalized spacial score (nSPS) is 13.6. The zero-order chi connectivity index (χ0) is 18.5. The van der Waals surface area contributed by atoms with Crippen LogP contribution in [0.2, 0.25) is 0 Å². The average Bonchev–Trinajstić information content (AvgIpc) is 3.26. The van der Waals surface area contributed by atoms with Crippen LogP contribution < -0.4 is 21.1 Å². The monoisotopic (exact) mass is 356 g/mol. The fourth-order valence-electron chi connectivity index (χ4n) is 2.74. The van der Waals surface area contributed by atoms with E-state index in [0.29, 0.717) is 24.3 Å². The van der Waals surface area contributed by atoms with E-state index >= 15 is 0 Å². The number of aryl methyl sites for hydroxylation is 1. The van der Waals surface area contributed by atoms with E-state index in [2.05, 4.69) is 16.2 Å². The number of amides is 4. The van der Waals surface area contributed by atoms with E-state index in [-0.39, 0.29) is 5.91 Å². The van der Waals surface area contributed by atoms with Gasteiger partial charge in [-0.1, -0.05) is 12.1 Å². The van der Waals surface area contributed by atoms with Gasteiger partial charge in [-0.2, -0.15) is 0 Å². The molecular weight excluding hydrogens is 336 g/mol. The van der Waals surface area contributed by atoms with Gasteiger partial charge >= 0.3 is 6.03 Å². The number of hydrazine groups is 1. The third-order valence-corrected chi connectivity index (χ3v) is 4.17. The van der Waals surface area contributed by atoms with Crippen LogP contribution in [0.25, 0.3) is 0 Å². The van der Waals surface area contributed by atoms with Crippen molar-refractivity contribution in [1.82, 2.24) is 16.2 Å². The summed E-state index contributed by atoms with van der Waals surface area (Å²) < 4.78 is 5.04. The Morgan fingerprint density at radius 2 is 1.92 bits per heavy atom. The highest BCUT2D eigenvalue weighted by atomic mass is 16.3. The van der Waals surface area contributed by atoms with Crippen molar-refractivity contribution >= 4 is 23.5 Å². The van der Waals surface area contributed by atoms with Crippen LogP contribution in [0.3, 0.4) is 0 Å². The van der Waals surface area contributed by atoms with Crippen molar-refractivity contribution in [2.24, 2.45) is 0 Å². The molecule has 26 heavy (non-hydrogen) atoms. The zero-order valence-corrected chi connectivity index (χ0v) is 14.4. The first-order chi connectivity index (χ1) is 12.5. The second-order valence-corrected chi connectivity index (χ2v) is 5.97. The number of hydrogen-bond donors (Lipinski definition) is 3. The van der Waals surface area contributed by atoms with Crippen LogP contribution in [0, 0.1) is 6.92 Å². The Morgan fingerprint density at radius 3 is 2.54 bits per heavy atom. The maximum absolute atomic E-state index is 11.8. The van der Waals surface area contributed by atoms with E-state index in [1.807, 2.05) is 24.3 Å². The van der Waals surface area contributed by atoms with E-state index in [0.717, 1.165) is 24.2 Å². The van der Waals surface area contributed by atoms with Crippen LogP contribution in [0.4, 0.5) is 10.5 Å². The summed E-state index contributed by atoms with van der Waals surface area (Å²) in [6, 6.07) is 8.43. The van der Waals surface area contributed by atoms with Crippen molar-refractivity contribution < 1.29 is 18.8 Å². The maximum Gasteiger partial charge on any atom is 0.333 e. The van der Waals surface area contributed by atoms with Crippen molar-refractivity contribution in [1.29, 1.82) is 0 Å². The van der Waals surface area contributed by atoms with Crippen LogP contribution in [-0.4, -0.2) is 24.4 Å². The zero-order valence-electron chi connectivity index (χ0n) is 14.4. The fraction of sp³-hybridized carbons (Fsp3) is 0.278. The molecule has 8 nitrogen and oxygen atoms in total. The van der Waals surface area contributed by atoms with E-state index in [9.17, 15) is 14.4 Å². The van der Waals surface area contributed by atoms with Gasteiger partial charge in [-0.05, 0) is 37.1 Å². The minimum absolute atomic E-state index is 0.138. The Kier molecular flexibility index (Phi) is 5.21. The number of carbonyl (C=O) groups is 3. The van der Waals surface area contributed by atoms with Gasteiger partial charge in [-0.25, -0.2) is 10.2 Å². The number of furan rings is 1. The molecule has 1 aliphatic rings. The molecular formula is C18H20N4O4. The van der Waals surface area contributed by atoms with Gasteiger partial charge in [-0.3, -0.25) is 15.0 Å². The molecule has 136 valence electrons. The molecule has 0 atom stereocenters. The van der Waals surface area contributed by atoms with Crippen molar-refractivity contribution in [2.45, 2.75) is 26.3 Å². The molecule has 1 saturated heterocycles. The van der Waals surface area contributed by atoms with Crippen molar-refractivity contribution in [3.05, 3.63) is 53.5 Å². The lowest BCUT2D eigenvalue weighted by Crippen LogP contribution is -2.46. The van der Waals surface area contributed by atoms with Crippen LogP contribution in [0.15, 0.2) is 41.0 Å². The van der Waals surface area contributed by atoms with Gasteiger partial charge in [-0.15, -0.1) is 0 Å². The number of rotatable bonds is 4. The minimum atomic E-state index is -0.529. The summed E-state index contributed by atoms with van der Waals surface area (Å²) in [5.74, 6) is 0.158. The number of anilines is 1. The quantitative estimate of drug-likeness (QED) is 0.728. The van der Waals surface area contributed by atoms with E-state index in [4.69, 9.17) is 4.42 Å². The molecule has 1 aromatic carbocycles. The topological polar surface area (TPSA) is 104 Å². The molecule has 4 amide bonds. The SMILES string of the molecule is Cc1occc1C(=O)NNC(=O)NCc1ccc(N2CCCC2=O)cc1. The number of benzene rings is 1. The molecule has 0 aliphatic carbocycles. The average molecular weight is 356 g/mol. The molecule has 3 rings (SSSR count). The maximum atomic E-state index is 11.8. The van der Waals surface area contributed by atoms with Gasteiger partial charge in [0.15, 0.2) is 0 Å². The largest absolute Gasteiger partial charge is 0.469 e. The second-order valence-electron chi connectivity index (χ2n) is 5.97. The third-order valence-electron chi connectivity index (χ3n) is 4.17. The van der Waals surface area contributed by atoms with Crippen LogP contribution >= 0.6 is 0 Å². The summed E-state index contributed by atoms with van der Waals surface area (Å²) in [5, 5.41) is 2.64. The van der Waals surface area contributed by atoms with Gasteiger partial charge in [0, 0.05) is 25.2 Å². The number of urea groups is 1. The third kappa shape index (κ3) is 4.02. The predicted octanol–water partition coefficient (Wildman–Crippen LogP) is 1.86. The standard InChI is InChI=1S/C18H20N4O4/c1-12-15(8-10-26-12)17(24)20-21-18(25)19-11-13-4-6-14(7-5-13)22-9-2-3-16(22)23/h4-8,10H,2-3,9,11H2,1H3,(H,20,24)(H2,19,21,25). The Hall–Kier alpha value is -3.29. The van der Waals surface area contributed by atoms with Crippen molar-refractivity contribution in [2.75, 3.05) is 11.4 Å². The van der Waals surface area contributed by atoms with Crippen LogP contribution in [0.5, 0.6) is 0 Å². The van der Waals surface area contributed by atoms with Gasteiger partial charge in [0.1, 0.15) is 5.76 Å². The van der Waals surface area contributed by atoms with Gasteiger partial charge in [0.05, 0.1) is 11.8 Å². The molecule has 0 radical (unpaired) electrons. The first kappa shape index (κ1) is 17.5. The van der Waals surface area contributed by atoms with Crippen LogP contribution in [0.1, 0.15) is 34.5 Å². The highest BCUT2D eigenvalue weighted by molar-refractivity contribution is 5.96. The molecule has 0 spiro atoms. The van der Waals surface area contributed by atoms with E-state index < -0.39 is 11.9 Å². The molecule has 8 heteroatoms. The Labute approximate surface area is 150 Å². The smallest absolute Gasteiger partial charge is 0.333 e. The second kappa shape index (κ2) is 7.73. The van der Waals surface area contributed by atoms with Gasteiger partial charge < -0.3 is 14.6 Å². The summed E-state index contributed by atoms with van der Waals surface area (Å²) in [4.78, 5) is 37.1. The molecule has 2 aromatic rings. The summed E-state index contributed by atoms with van der Waals surface area (Å²) in [6.45, 7) is 2.70. The lowest BCUT2D eigenvalue weighted by atomic mass is 10.2. The fourth-order valence-corrected chi connectivity index (χ4v) is 2.74. The van der Waals surface area contributed by atoms with Gasteiger partial charge in [0.2, 0.25) is 5.91 Å². The van der Waals surface area contributed by atoms with Gasteiger partial charge in [0.25, 0.3) is 5.91 Å². The first-order valence-corrected chi connectivity index (χ1v) is 8.32. The molecule has 0 bridgehead atoms.